The Bertz CT molecular complexity index is 877. The average molecular weight is 402 g/mol. The maximum atomic E-state index is 12.1. The van der Waals surface area contributed by atoms with Crippen molar-refractivity contribution in [2.24, 2.45) is 0 Å². The van der Waals surface area contributed by atoms with Crippen molar-refractivity contribution < 1.29 is 4.79 Å². The van der Waals surface area contributed by atoms with Crippen LogP contribution in [0.25, 0.3) is 0 Å². The molecule has 1 aromatic heterocycles. The number of halogens is 1. The number of carbonyl (C=O) groups excluding carboxylic acids is 1. The number of benzene rings is 2. The molecule has 132 valence electrons. The van der Waals surface area contributed by atoms with Gasteiger partial charge in [-0.2, -0.15) is 0 Å². The van der Waals surface area contributed by atoms with Crippen molar-refractivity contribution in [2.75, 3.05) is 5.75 Å². The Morgan fingerprint density at radius 1 is 1.00 bits per heavy atom. The van der Waals surface area contributed by atoms with E-state index in [0.29, 0.717) is 11.6 Å². The zero-order valence-corrected chi connectivity index (χ0v) is 16.2. The van der Waals surface area contributed by atoms with E-state index in [1.54, 1.807) is 12.4 Å². The first-order chi connectivity index (χ1) is 12.7. The summed E-state index contributed by atoms with van der Waals surface area (Å²) in [4.78, 5) is 22.0. The van der Waals surface area contributed by atoms with Crippen LogP contribution in [-0.2, 0) is 11.3 Å². The predicted octanol–water partition coefficient (Wildman–Crippen LogP) is 4.69. The molecule has 0 aliphatic heterocycles. The maximum absolute atomic E-state index is 12.1. The van der Waals surface area contributed by atoms with Gasteiger partial charge in [-0.25, -0.2) is 9.97 Å². The van der Waals surface area contributed by atoms with E-state index in [1.807, 2.05) is 54.6 Å². The predicted molar refractivity (Wildman–Crippen MR) is 107 cm³/mol. The van der Waals surface area contributed by atoms with Gasteiger partial charge < -0.3 is 5.32 Å². The molecule has 1 amide bonds. The molecule has 3 rings (SSSR count). The molecule has 1 N–H and O–H groups in total. The molecule has 0 unspecified atom stereocenters. The number of nitrogens with one attached hydrogen (secondary N) is 1. The van der Waals surface area contributed by atoms with Gasteiger partial charge in [-0.1, -0.05) is 65.5 Å². The maximum Gasteiger partial charge on any atom is 0.230 e. The van der Waals surface area contributed by atoms with Crippen LogP contribution in [0.3, 0.4) is 0 Å². The highest BCUT2D eigenvalue weighted by Crippen LogP contribution is 2.32. The Balaban J connectivity index is 1.55. The SMILES string of the molecule is O=C(CSc1nccnc1Sc1ccccc1)NCc1cccc(Cl)c1. The van der Waals surface area contributed by atoms with Gasteiger partial charge in [-0.05, 0) is 29.8 Å². The summed E-state index contributed by atoms with van der Waals surface area (Å²) in [5.74, 6) is 0.220. The molecule has 2 aromatic carbocycles. The van der Waals surface area contributed by atoms with Crippen LogP contribution in [0, 0.1) is 0 Å². The first kappa shape index (κ1) is 18.8. The van der Waals surface area contributed by atoms with Crippen molar-refractivity contribution in [3.63, 3.8) is 0 Å². The highest BCUT2D eigenvalue weighted by Gasteiger charge is 2.10. The molecule has 7 heteroatoms. The van der Waals surface area contributed by atoms with E-state index in [-0.39, 0.29) is 11.7 Å². The summed E-state index contributed by atoms with van der Waals surface area (Å²) >= 11 is 8.87. The van der Waals surface area contributed by atoms with Crippen molar-refractivity contribution in [3.05, 3.63) is 77.6 Å². The van der Waals surface area contributed by atoms with Gasteiger partial charge in [-0.3, -0.25) is 4.79 Å². The molecular weight excluding hydrogens is 386 g/mol. The molecule has 0 radical (unpaired) electrons. The van der Waals surface area contributed by atoms with E-state index in [1.165, 1.54) is 23.5 Å². The topological polar surface area (TPSA) is 54.9 Å². The Kier molecular flexibility index (Phi) is 6.94. The number of thioether (sulfide) groups is 1. The second kappa shape index (κ2) is 9.62. The van der Waals surface area contributed by atoms with Gasteiger partial charge in [-0.15, -0.1) is 0 Å². The Labute approximate surface area is 165 Å². The third-order valence-electron chi connectivity index (χ3n) is 3.31. The number of carbonyl (C=O) groups is 1. The summed E-state index contributed by atoms with van der Waals surface area (Å²) in [7, 11) is 0. The van der Waals surface area contributed by atoms with Crippen LogP contribution in [-0.4, -0.2) is 21.6 Å². The number of hydrogen-bond donors (Lipinski definition) is 1. The Morgan fingerprint density at radius 3 is 2.54 bits per heavy atom. The molecule has 0 saturated carbocycles. The minimum absolute atomic E-state index is 0.0590. The van der Waals surface area contributed by atoms with Crippen molar-refractivity contribution in [1.29, 1.82) is 0 Å². The van der Waals surface area contributed by atoms with E-state index >= 15 is 0 Å². The summed E-state index contributed by atoms with van der Waals surface area (Å²) in [6.45, 7) is 0.450. The molecule has 3 aromatic rings. The van der Waals surface area contributed by atoms with E-state index in [2.05, 4.69) is 15.3 Å². The third kappa shape index (κ3) is 5.76. The molecule has 0 saturated heterocycles. The van der Waals surface area contributed by atoms with E-state index < -0.39 is 0 Å². The molecule has 0 fully saturated rings. The number of aromatic nitrogens is 2. The van der Waals surface area contributed by atoms with E-state index in [0.717, 1.165) is 20.5 Å². The monoisotopic (exact) mass is 401 g/mol. The second-order valence-corrected chi connectivity index (χ2v) is 7.74. The van der Waals surface area contributed by atoms with Crippen molar-refractivity contribution in [3.8, 4) is 0 Å². The average Bonchev–Trinajstić information content (AvgIpc) is 2.66. The zero-order valence-electron chi connectivity index (χ0n) is 13.8. The third-order valence-corrected chi connectivity index (χ3v) is 5.65. The van der Waals surface area contributed by atoms with Crippen LogP contribution in [0.5, 0.6) is 0 Å². The quantitative estimate of drug-likeness (QED) is 0.582. The van der Waals surface area contributed by atoms with Crippen molar-refractivity contribution in [1.82, 2.24) is 15.3 Å². The first-order valence-electron chi connectivity index (χ1n) is 7.88. The summed E-state index contributed by atoms with van der Waals surface area (Å²) in [6.07, 6.45) is 3.30. The standard InChI is InChI=1S/C19H16ClN3OS2/c20-15-6-4-5-14(11-15)12-23-17(24)13-25-18-19(22-10-9-21-18)26-16-7-2-1-3-8-16/h1-11H,12-13H2,(H,23,24). The van der Waals surface area contributed by atoms with Crippen molar-refractivity contribution >= 4 is 41.0 Å². The first-order valence-corrected chi connectivity index (χ1v) is 10.1. The molecule has 0 aliphatic carbocycles. The minimum atomic E-state index is -0.0590. The van der Waals surface area contributed by atoms with Gasteiger partial charge in [0.2, 0.25) is 5.91 Å². The van der Waals surface area contributed by atoms with E-state index in [9.17, 15) is 4.79 Å². The Hall–Kier alpha value is -2.02. The second-order valence-electron chi connectivity index (χ2n) is 5.28. The molecular formula is C19H16ClN3OS2. The fourth-order valence-electron chi connectivity index (χ4n) is 2.11. The molecule has 0 spiro atoms. The summed E-state index contributed by atoms with van der Waals surface area (Å²) in [5.41, 5.74) is 0.968. The molecule has 0 atom stereocenters. The van der Waals surface area contributed by atoms with Crippen molar-refractivity contribution in [2.45, 2.75) is 21.5 Å². The van der Waals surface area contributed by atoms with Crippen LogP contribution in [0.1, 0.15) is 5.56 Å². The lowest BCUT2D eigenvalue weighted by Crippen LogP contribution is -2.24. The highest BCUT2D eigenvalue weighted by molar-refractivity contribution is 8.02. The van der Waals surface area contributed by atoms with Gasteiger partial charge in [0.15, 0.2) is 0 Å². The lowest BCUT2D eigenvalue weighted by atomic mass is 10.2. The fraction of sp³-hybridized carbons (Fsp3) is 0.105. The minimum Gasteiger partial charge on any atom is -0.351 e. The van der Waals surface area contributed by atoms with Gasteiger partial charge >= 0.3 is 0 Å². The van der Waals surface area contributed by atoms with Crippen LogP contribution in [0.2, 0.25) is 5.02 Å². The zero-order chi connectivity index (χ0) is 18.2. The normalized spacial score (nSPS) is 10.5. The summed E-state index contributed by atoms with van der Waals surface area (Å²) in [5, 5.41) is 5.10. The summed E-state index contributed by atoms with van der Waals surface area (Å²) in [6, 6.07) is 17.4. The highest BCUT2D eigenvalue weighted by atomic mass is 35.5. The fourth-order valence-corrected chi connectivity index (χ4v) is 4.08. The number of amides is 1. The van der Waals surface area contributed by atoms with Gasteiger partial charge in [0.05, 0.1) is 5.75 Å². The van der Waals surface area contributed by atoms with E-state index in [4.69, 9.17) is 11.6 Å². The molecule has 0 bridgehead atoms. The number of hydrogen-bond acceptors (Lipinski definition) is 5. The van der Waals surface area contributed by atoms with Gasteiger partial charge in [0, 0.05) is 28.9 Å². The molecule has 0 aliphatic rings. The van der Waals surface area contributed by atoms with Gasteiger partial charge in [0.1, 0.15) is 10.1 Å². The lowest BCUT2D eigenvalue weighted by Gasteiger charge is -2.08. The summed E-state index contributed by atoms with van der Waals surface area (Å²) < 4.78 is 0. The van der Waals surface area contributed by atoms with Crippen LogP contribution in [0.4, 0.5) is 0 Å². The largest absolute Gasteiger partial charge is 0.351 e. The lowest BCUT2D eigenvalue weighted by molar-refractivity contribution is -0.118. The molecule has 26 heavy (non-hydrogen) atoms. The Morgan fingerprint density at radius 2 is 1.77 bits per heavy atom. The van der Waals surface area contributed by atoms with Crippen LogP contribution < -0.4 is 5.32 Å². The van der Waals surface area contributed by atoms with Crippen LogP contribution in [0.15, 0.2) is 81.9 Å². The smallest absolute Gasteiger partial charge is 0.230 e. The van der Waals surface area contributed by atoms with Gasteiger partial charge in [0.25, 0.3) is 0 Å². The molecule has 4 nitrogen and oxygen atoms in total. The molecule has 1 heterocycles. The van der Waals surface area contributed by atoms with Crippen LogP contribution >= 0.6 is 35.1 Å². The number of rotatable bonds is 7. The number of nitrogens with zero attached hydrogens (tertiary/aromatic N) is 2.